The van der Waals surface area contributed by atoms with E-state index >= 15 is 0 Å². The van der Waals surface area contributed by atoms with Gasteiger partial charge in [0.1, 0.15) is 17.9 Å². The zero-order valence-electron chi connectivity index (χ0n) is 14.5. The molecule has 0 saturated carbocycles. The molecule has 1 aliphatic rings. The van der Waals surface area contributed by atoms with E-state index in [1.807, 2.05) is 28.8 Å². The van der Waals surface area contributed by atoms with Crippen LogP contribution < -0.4 is 10.1 Å². The van der Waals surface area contributed by atoms with E-state index in [4.69, 9.17) is 9.47 Å². The molecule has 1 aromatic carbocycles. The molecule has 0 aliphatic carbocycles. The number of carbonyl (C=O) groups excluding carboxylic acids is 1. The van der Waals surface area contributed by atoms with Crippen LogP contribution in [0.2, 0.25) is 0 Å². The van der Waals surface area contributed by atoms with Gasteiger partial charge in [-0.1, -0.05) is 18.2 Å². The third kappa shape index (κ3) is 4.57. The van der Waals surface area contributed by atoms with Crippen molar-refractivity contribution in [1.29, 1.82) is 0 Å². The highest BCUT2D eigenvalue weighted by Crippen LogP contribution is 2.26. The fraction of sp³-hybridized carbons (Fsp3) is 0.500. The average molecular weight is 344 g/mol. The maximum atomic E-state index is 12.5. The lowest BCUT2D eigenvalue weighted by Gasteiger charge is -2.14. The van der Waals surface area contributed by atoms with Gasteiger partial charge in [0, 0.05) is 32.5 Å². The second-order valence-electron chi connectivity index (χ2n) is 6.12. The van der Waals surface area contributed by atoms with Crippen LogP contribution in [-0.4, -0.2) is 47.5 Å². The maximum Gasteiger partial charge on any atom is 0.223 e. The number of rotatable bonds is 7. The van der Waals surface area contributed by atoms with Crippen LogP contribution >= 0.6 is 0 Å². The molecule has 1 aromatic heterocycles. The van der Waals surface area contributed by atoms with Crippen LogP contribution in [0.15, 0.2) is 30.6 Å². The lowest BCUT2D eigenvalue weighted by atomic mass is 9.96. The van der Waals surface area contributed by atoms with Crippen molar-refractivity contribution in [2.24, 2.45) is 5.92 Å². The average Bonchev–Trinajstić information content (AvgIpc) is 2.95. The minimum atomic E-state index is -0.0602. The van der Waals surface area contributed by atoms with Gasteiger partial charge in [-0.15, -0.1) is 10.2 Å². The molecule has 1 N–H and O–H groups in total. The summed E-state index contributed by atoms with van der Waals surface area (Å²) in [5.74, 6) is 1.76. The monoisotopic (exact) mass is 344 g/mol. The van der Waals surface area contributed by atoms with Crippen LogP contribution in [0.1, 0.15) is 17.8 Å². The largest absolute Gasteiger partial charge is 0.493 e. The minimum absolute atomic E-state index is 0.0602. The van der Waals surface area contributed by atoms with Gasteiger partial charge in [0.05, 0.1) is 13.2 Å². The summed E-state index contributed by atoms with van der Waals surface area (Å²) < 4.78 is 12.8. The molecular formula is C18H24N4O3. The molecule has 7 nitrogen and oxygen atoms in total. The number of aromatic nitrogens is 3. The summed E-state index contributed by atoms with van der Waals surface area (Å²) in [7, 11) is 1.67. The number of para-hydroxylation sites is 1. The Hall–Kier alpha value is -2.41. The molecule has 1 unspecified atom stereocenters. The van der Waals surface area contributed by atoms with Crippen molar-refractivity contribution in [2.75, 3.05) is 26.9 Å². The molecule has 0 fully saturated rings. The molecule has 1 aliphatic heterocycles. The van der Waals surface area contributed by atoms with Crippen molar-refractivity contribution in [3.8, 4) is 5.75 Å². The molecule has 1 amide bonds. The second kappa shape index (κ2) is 8.62. The van der Waals surface area contributed by atoms with Gasteiger partial charge in [-0.05, 0) is 24.5 Å². The molecule has 2 heterocycles. The zero-order valence-corrected chi connectivity index (χ0v) is 14.5. The topological polar surface area (TPSA) is 78.3 Å². The maximum absolute atomic E-state index is 12.5. The van der Waals surface area contributed by atoms with Crippen molar-refractivity contribution in [2.45, 2.75) is 25.8 Å². The van der Waals surface area contributed by atoms with Crippen LogP contribution in [0.4, 0.5) is 0 Å². The Morgan fingerprint density at radius 1 is 1.44 bits per heavy atom. The predicted octanol–water partition coefficient (Wildman–Crippen LogP) is 1.22. The molecule has 1 atom stereocenters. The highest BCUT2D eigenvalue weighted by Gasteiger charge is 2.23. The van der Waals surface area contributed by atoms with E-state index in [0.29, 0.717) is 39.1 Å². The summed E-state index contributed by atoms with van der Waals surface area (Å²) in [5.41, 5.74) is 1.10. The number of methoxy groups -OCH3 is 1. The van der Waals surface area contributed by atoms with Crippen LogP contribution in [0, 0.1) is 5.92 Å². The number of hydrogen-bond donors (Lipinski definition) is 1. The third-order valence-corrected chi connectivity index (χ3v) is 4.41. The first-order chi connectivity index (χ1) is 12.3. The molecule has 0 spiro atoms. The van der Waals surface area contributed by atoms with Gasteiger partial charge in [-0.3, -0.25) is 4.79 Å². The number of nitrogens with zero attached hydrogens (tertiary/aromatic N) is 3. The highest BCUT2D eigenvalue weighted by molar-refractivity contribution is 5.79. The van der Waals surface area contributed by atoms with Gasteiger partial charge in [0.25, 0.3) is 0 Å². The van der Waals surface area contributed by atoms with Crippen LogP contribution in [0.3, 0.4) is 0 Å². The van der Waals surface area contributed by atoms with E-state index in [1.165, 1.54) is 0 Å². The van der Waals surface area contributed by atoms with Gasteiger partial charge < -0.3 is 19.4 Å². The molecule has 3 rings (SSSR count). The van der Waals surface area contributed by atoms with E-state index < -0.39 is 0 Å². The molecule has 2 aromatic rings. The van der Waals surface area contributed by atoms with E-state index in [0.717, 1.165) is 23.6 Å². The quantitative estimate of drug-likeness (QED) is 0.817. The van der Waals surface area contributed by atoms with Gasteiger partial charge in [0.15, 0.2) is 0 Å². The fourth-order valence-corrected chi connectivity index (χ4v) is 3.01. The molecular weight excluding hydrogens is 320 g/mol. The molecule has 134 valence electrons. The Kier molecular flexibility index (Phi) is 6.00. The molecule has 7 heteroatoms. The van der Waals surface area contributed by atoms with Crippen molar-refractivity contribution < 1.29 is 14.3 Å². The highest BCUT2D eigenvalue weighted by atomic mass is 16.5. The van der Waals surface area contributed by atoms with Gasteiger partial charge in [-0.25, -0.2) is 0 Å². The third-order valence-electron chi connectivity index (χ3n) is 4.41. The van der Waals surface area contributed by atoms with E-state index in [2.05, 4.69) is 15.5 Å². The number of nitrogens with one attached hydrogen (secondary N) is 1. The summed E-state index contributed by atoms with van der Waals surface area (Å²) in [6, 6.07) is 7.93. The normalized spacial score (nSPS) is 16.6. The Bertz CT molecular complexity index is 701. The minimum Gasteiger partial charge on any atom is -0.493 e. The van der Waals surface area contributed by atoms with Crippen molar-refractivity contribution in [1.82, 2.24) is 20.1 Å². The van der Waals surface area contributed by atoms with Crippen molar-refractivity contribution >= 4 is 5.91 Å². The number of ether oxygens (including phenoxy) is 2. The first-order valence-electron chi connectivity index (χ1n) is 8.62. The lowest BCUT2D eigenvalue weighted by Crippen LogP contribution is -2.34. The summed E-state index contributed by atoms with van der Waals surface area (Å²) in [6.07, 6.45) is 3.78. The van der Waals surface area contributed by atoms with Crippen LogP contribution in [-0.2, 0) is 28.9 Å². The summed E-state index contributed by atoms with van der Waals surface area (Å²) in [5, 5.41) is 11.1. The van der Waals surface area contributed by atoms with Gasteiger partial charge >= 0.3 is 0 Å². The SMILES string of the molecule is COCCn1cnnc1CCNC(=O)C1CCOc2ccccc2C1. The summed E-state index contributed by atoms with van der Waals surface area (Å²) in [4.78, 5) is 12.5. The molecule has 25 heavy (non-hydrogen) atoms. The summed E-state index contributed by atoms with van der Waals surface area (Å²) in [6.45, 7) is 2.44. The Morgan fingerprint density at radius 2 is 2.32 bits per heavy atom. The second-order valence-corrected chi connectivity index (χ2v) is 6.12. The number of fused-ring (bicyclic) bond motifs is 1. The smallest absolute Gasteiger partial charge is 0.223 e. The zero-order chi connectivity index (χ0) is 17.5. The predicted molar refractivity (Wildman–Crippen MR) is 92.4 cm³/mol. The Balaban J connectivity index is 1.50. The number of hydrogen-bond acceptors (Lipinski definition) is 5. The fourth-order valence-electron chi connectivity index (χ4n) is 3.01. The Labute approximate surface area is 147 Å². The molecule has 0 bridgehead atoms. The van der Waals surface area contributed by atoms with E-state index in [9.17, 15) is 4.79 Å². The molecule has 0 radical (unpaired) electrons. The number of amides is 1. The van der Waals surface area contributed by atoms with E-state index in [-0.39, 0.29) is 11.8 Å². The van der Waals surface area contributed by atoms with Gasteiger partial charge in [0.2, 0.25) is 5.91 Å². The number of carbonyl (C=O) groups is 1. The standard InChI is InChI=1S/C18H24N4O3/c1-24-11-9-22-13-20-21-17(22)6-8-19-18(23)15-7-10-25-16-5-3-2-4-14(16)12-15/h2-5,13,15H,6-12H2,1H3,(H,19,23). The lowest BCUT2D eigenvalue weighted by molar-refractivity contribution is -0.125. The van der Waals surface area contributed by atoms with Crippen molar-refractivity contribution in [3.63, 3.8) is 0 Å². The van der Waals surface area contributed by atoms with Gasteiger partial charge in [-0.2, -0.15) is 0 Å². The van der Waals surface area contributed by atoms with Crippen LogP contribution in [0.5, 0.6) is 5.75 Å². The van der Waals surface area contributed by atoms with Crippen molar-refractivity contribution in [3.05, 3.63) is 42.0 Å². The summed E-state index contributed by atoms with van der Waals surface area (Å²) >= 11 is 0. The van der Waals surface area contributed by atoms with E-state index in [1.54, 1.807) is 13.4 Å². The van der Waals surface area contributed by atoms with Crippen LogP contribution in [0.25, 0.3) is 0 Å². The molecule has 0 saturated heterocycles. The Morgan fingerprint density at radius 3 is 3.20 bits per heavy atom. The first kappa shape index (κ1) is 17.4. The first-order valence-corrected chi connectivity index (χ1v) is 8.62. The number of benzene rings is 1.